The van der Waals surface area contributed by atoms with Crippen LogP contribution in [0.1, 0.15) is 33.1 Å². The highest BCUT2D eigenvalue weighted by Crippen LogP contribution is 2.15. The lowest BCUT2D eigenvalue weighted by Gasteiger charge is -2.33. The number of piperidine rings is 1. The number of carbonyl (C=O) groups is 1. The Morgan fingerprint density at radius 3 is 2.47 bits per heavy atom. The van der Waals surface area contributed by atoms with Crippen LogP contribution in [0, 0.1) is 5.92 Å². The molecule has 0 aromatic heterocycles. The van der Waals surface area contributed by atoms with Crippen LogP contribution < -0.4 is 10.6 Å². The first-order chi connectivity index (χ1) is 7.92. The van der Waals surface area contributed by atoms with Crippen molar-refractivity contribution in [2.45, 2.75) is 38.6 Å². The van der Waals surface area contributed by atoms with E-state index in [2.05, 4.69) is 29.4 Å². The van der Waals surface area contributed by atoms with Crippen LogP contribution in [0.2, 0.25) is 0 Å². The molecule has 1 fully saturated rings. The number of likely N-dealkylation sites (N-methyl/N-ethyl adjacent to an activating group) is 1. The van der Waals surface area contributed by atoms with Crippen molar-refractivity contribution in [1.29, 1.82) is 0 Å². The van der Waals surface area contributed by atoms with Gasteiger partial charge < -0.3 is 15.5 Å². The van der Waals surface area contributed by atoms with E-state index in [0.29, 0.717) is 18.9 Å². The van der Waals surface area contributed by atoms with Crippen molar-refractivity contribution in [3.63, 3.8) is 0 Å². The maximum atomic E-state index is 11.8. The molecule has 0 aliphatic carbocycles. The van der Waals surface area contributed by atoms with Crippen molar-refractivity contribution < 1.29 is 4.79 Å². The molecule has 4 nitrogen and oxygen atoms in total. The van der Waals surface area contributed by atoms with E-state index >= 15 is 0 Å². The average Bonchev–Trinajstić information content (AvgIpc) is 2.28. The summed E-state index contributed by atoms with van der Waals surface area (Å²) in [6, 6.07) is 0. The molecule has 2 N–H and O–H groups in total. The van der Waals surface area contributed by atoms with Gasteiger partial charge in [0.1, 0.15) is 0 Å². The smallest absolute Gasteiger partial charge is 0.220 e. The maximum absolute atomic E-state index is 11.8. The summed E-state index contributed by atoms with van der Waals surface area (Å²) in [5.74, 6) is 0.769. The van der Waals surface area contributed by atoms with Gasteiger partial charge in [0.2, 0.25) is 5.91 Å². The summed E-state index contributed by atoms with van der Waals surface area (Å²) in [5.41, 5.74) is 0.0176. The minimum Gasteiger partial charge on any atom is -0.354 e. The third-order valence-corrected chi connectivity index (χ3v) is 3.86. The van der Waals surface area contributed by atoms with Crippen LogP contribution in [0.4, 0.5) is 0 Å². The molecule has 0 spiro atoms. The fourth-order valence-corrected chi connectivity index (χ4v) is 1.89. The van der Waals surface area contributed by atoms with Gasteiger partial charge in [0.15, 0.2) is 0 Å². The van der Waals surface area contributed by atoms with Gasteiger partial charge in [0, 0.05) is 18.5 Å². The number of carbonyl (C=O) groups excluding carboxylic acids is 1. The Hall–Kier alpha value is -0.610. The molecule has 1 aliphatic rings. The molecule has 0 unspecified atom stereocenters. The lowest BCUT2D eigenvalue weighted by Crippen LogP contribution is -2.48. The second-order valence-electron chi connectivity index (χ2n) is 5.88. The molecule has 0 aromatic rings. The maximum Gasteiger partial charge on any atom is 0.220 e. The summed E-state index contributed by atoms with van der Waals surface area (Å²) in [6.07, 6.45) is 2.94. The molecule has 1 amide bonds. The predicted octanol–water partition coefficient (Wildman–Crippen LogP) is 0.833. The van der Waals surface area contributed by atoms with Crippen LogP contribution >= 0.6 is 0 Å². The zero-order chi connectivity index (χ0) is 12.9. The Morgan fingerprint density at radius 1 is 1.35 bits per heavy atom. The van der Waals surface area contributed by atoms with Gasteiger partial charge in [-0.3, -0.25) is 4.79 Å². The van der Waals surface area contributed by atoms with Crippen LogP contribution in [0.15, 0.2) is 0 Å². The van der Waals surface area contributed by atoms with E-state index in [1.54, 1.807) is 0 Å². The van der Waals surface area contributed by atoms with Crippen LogP contribution in [-0.2, 0) is 4.79 Å². The van der Waals surface area contributed by atoms with Crippen LogP contribution in [0.3, 0.4) is 0 Å². The summed E-state index contributed by atoms with van der Waals surface area (Å²) >= 11 is 0. The molecular weight excluding hydrogens is 214 g/mol. The van der Waals surface area contributed by atoms with Gasteiger partial charge in [-0.25, -0.2) is 0 Å². The van der Waals surface area contributed by atoms with Crippen molar-refractivity contribution in [3.05, 3.63) is 0 Å². The first-order valence-electron chi connectivity index (χ1n) is 6.56. The number of amides is 1. The van der Waals surface area contributed by atoms with Gasteiger partial charge in [0.25, 0.3) is 0 Å². The van der Waals surface area contributed by atoms with E-state index in [1.807, 2.05) is 14.1 Å². The molecule has 0 aromatic carbocycles. The van der Waals surface area contributed by atoms with E-state index in [-0.39, 0.29) is 11.4 Å². The van der Waals surface area contributed by atoms with E-state index in [0.717, 1.165) is 25.9 Å². The number of hydrogen-bond acceptors (Lipinski definition) is 3. The Balaban J connectivity index is 2.25. The minimum atomic E-state index is 0.0176. The van der Waals surface area contributed by atoms with Crippen molar-refractivity contribution in [3.8, 4) is 0 Å². The first-order valence-corrected chi connectivity index (χ1v) is 6.56. The highest BCUT2D eigenvalue weighted by Gasteiger charge is 2.22. The minimum absolute atomic E-state index is 0.0176. The lowest BCUT2D eigenvalue weighted by molar-refractivity contribution is -0.122. The molecule has 4 heteroatoms. The summed E-state index contributed by atoms with van der Waals surface area (Å²) in [7, 11) is 4.08. The van der Waals surface area contributed by atoms with Crippen molar-refractivity contribution in [1.82, 2.24) is 15.5 Å². The van der Waals surface area contributed by atoms with E-state index in [9.17, 15) is 4.79 Å². The molecule has 0 radical (unpaired) electrons. The number of rotatable bonds is 5. The normalized spacial score (nSPS) is 18.4. The second-order valence-corrected chi connectivity index (χ2v) is 5.88. The molecule has 0 bridgehead atoms. The molecule has 0 atom stereocenters. The highest BCUT2D eigenvalue weighted by molar-refractivity contribution is 5.76. The molecule has 17 heavy (non-hydrogen) atoms. The second kappa shape index (κ2) is 6.36. The number of nitrogens with zero attached hydrogens (tertiary/aromatic N) is 1. The molecule has 0 saturated carbocycles. The van der Waals surface area contributed by atoms with Crippen molar-refractivity contribution in [2.24, 2.45) is 5.92 Å². The molecule has 1 rings (SSSR count). The Labute approximate surface area is 105 Å². The third kappa shape index (κ3) is 5.04. The fraction of sp³-hybridized carbons (Fsp3) is 0.923. The fourth-order valence-electron chi connectivity index (χ4n) is 1.89. The number of hydrogen-bond donors (Lipinski definition) is 2. The van der Waals surface area contributed by atoms with Crippen molar-refractivity contribution >= 4 is 5.91 Å². The quantitative estimate of drug-likeness (QED) is 0.749. The van der Waals surface area contributed by atoms with Crippen LogP contribution in [0.25, 0.3) is 0 Å². The first kappa shape index (κ1) is 14.5. The highest BCUT2D eigenvalue weighted by atomic mass is 16.1. The van der Waals surface area contributed by atoms with Gasteiger partial charge in [-0.1, -0.05) is 0 Å². The van der Waals surface area contributed by atoms with Gasteiger partial charge >= 0.3 is 0 Å². The lowest BCUT2D eigenvalue weighted by atomic mass is 9.94. The molecular formula is C13H27N3O. The number of nitrogens with one attached hydrogen (secondary N) is 2. The van der Waals surface area contributed by atoms with Crippen molar-refractivity contribution in [2.75, 3.05) is 33.7 Å². The van der Waals surface area contributed by atoms with E-state index in [4.69, 9.17) is 0 Å². The third-order valence-electron chi connectivity index (χ3n) is 3.86. The summed E-state index contributed by atoms with van der Waals surface area (Å²) in [6.45, 7) is 7.10. The molecule has 1 aliphatic heterocycles. The summed E-state index contributed by atoms with van der Waals surface area (Å²) in [5, 5.41) is 6.37. The zero-order valence-electron chi connectivity index (χ0n) is 11.7. The SMILES string of the molecule is CN(C)C(C)(C)CNC(=O)CC1CCNCC1. The standard InChI is InChI=1S/C13H27N3O/c1-13(2,16(3)4)10-15-12(17)9-11-5-7-14-8-6-11/h11,14H,5-10H2,1-4H3,(H,15,17). The average molecular weight is 241 g/mol. The molecule has 100 valence electrons. The predicted molar refractivity (Wildman–Crippen MR) is 71.0 cm³/mol. The van der Waals surface area contributed by atoms with E-state index < -0.39 is 0 Å². The van der Waals surface area contributed by atoms with Crippen LogP contribution in [-0.4, -0.2) is 50.1 Å². The monoisotopic (exact) mass is 241 g/mol. The van der Waals surface area contributed by atoms with Gasteiger partial charge in [-0.2, -0.15) is 0 Å². The largest absolute Gasteiger partial charge is 0.354 e. The van der Waals surface area contributed by atoms with Crippen LogP contribution in [0.5, 0.6) is 0 Å². The zero-order valence-corrected chi connectivity index (χ0v) is 11.7. The summed E-state index contributed by atoms with van der Waals surface area (Å²) < 4.78 is 0. The van der Waals surface area contributed by atoms with Gasteiger partial charge in [-0.15, -0.1) is 0 Å². The Morgan fingerprint density at radius 2 is 1.94 bits per heavy atom. The Bertz CT molecular complexity index is 245. The molecule has 1 heterocycles. The van der Waals surface area contributed by atoms with Gasteiger partial charge in [-0.05, 0) is 59.8 Å². The van der Waals surface area contributed by atoms with Gasteiger partial charge in [0.05, 0.1) is 0 Å². The summed E-state index contributed by atoms with van der Waals surface area (Å²) in [4.78, 5) is 14.0. The molecule has 1 saturated heterocycles. The van der Waals surface area contributed by atoms with E-state index in [1.165, 1.54) is 0 Å². The topological polar surface area (TPSA) is 44.4 Å². The Kier molecular flexibility index (Phi) is 5.40.